The maximum Gasteiger partial charge on any atom is 0.230 e. The van der Waals surface area contributed by atoms with Gasteiger partial charge in [-0.2, -0.15) is 0 Å². The van der Waals surface area contributed by atoms with E-state index in [9.17, 15) is 4.39 Å². The molecule has 3 aromatic rings. The molecule has 1 unspecified atom stereocenters. The van der Waals surface area contributed by atoms with Crippen molar-refractivity contribution in [1.29, 1.82) is 0 Å². The van der Waals surface area contributed by atoms with Gasteiger partial charge in [-0.25, -0.2) is 14.4 Å². The summed E-state index contributed by atoms with van der Waals surface area (Å²) in [7, 11) is 0. The van der Waals surface area contributed by atoms with Crippen molar-refractivity contribution in [1.82, 2.24) is 9.97 Å². The molecule has 1 atom stereocenters. The lowest BCUT2D eigenvalue weighted by atomic mass is 10.2. The topological polar surface area (TPSA) is 60.0 Å². The van der Waals surface area contributed by atoms with Crippen molar-refractivity contribution < 1.29 is 18.6 Å². The molecule has 0 bridgehead atoms. The van der Waals surface area contributed by atoms with Gasteiger partial charge < -0.3 is 24.0 Å². The van der Waals surface area contributed by atoms with Crippen LogP contribution in [0.4, 0.5) is 21.7 Å². The molecule has 1 fully saturated rings. The maximum atomic E-state index is 14.0. The summed E-state index contributed by atoms with van der Waals surface area (Å²) >= 11 is 0. The number of anilines is 3. The fourth-order valence-corrected chi connectivity index (χ4v) is 3.89. The number of morpholine rings is 1. The number of para-hydroxylation sites is 1. The van der Waals surface area contributed by atoms with E-state index in [2.05, 4.69) is 27.9 Å². The fourth-order valence-electron chi connectivity index (χ4n) is 3.89. The van der Waals surface area contributed by atoms with Crippen LogP contribution in [0, 0.1) is 5.82 Å². The maximum absolute atomic E-state index is 14.0. The third kappa shape index (κ3) is 3.98. The SMILES string of the molecule is CC1COCCN1c1cccc(Oc2cnc(N3CCOc4c(F)cccc43)nc2)c1. The third-order valence-electron chi connectivity index (χ3n) is 5.41. The summed E-state index contributed by atoms with van der Waals surface area (Å²) in [6.45, 7) is 5.34. The summed E-state index contributed by atoms with van der Waals surface area (Å²) in [5.74, 6) is 1.55. The average Bonchev–Trinajstić information content (AvgIpc) is 2.80. The molecule has 1 aromatic heterocycles. The van der Waals surface area contributed by atoms with Crippen molar-refractivity contribution in [2.24, 2.45) is 0 Å². The standard InChI is InChI=1S/C23H23FN4O3/c1-16-15-29-10-8-27(16)17-4-2-5-18(12-17)31-19-13-25-23(26-14-19)28-9-11-30-22-20(24)6-3-7-21(22)28/h2-7,12-14,16H,8-11,15H2,1H3. The minimum absolute atomic E-state index is 0.229. The molecule has 5 rings (SSSR count). The lowest BCUT2D eigenvalue weighted by molar-refractivity contribution is 0.0989. The Labute approximate surface area is 180 Å². The molecule has 0 N–H and O–H groups in total. The molecule has 7 nitrogen and oxygen atoms in total. The molecule has 160 valence electrons. The minimum atomic E-state index is -0.392. The molecular formula is C23H23FN4O3. The van der Waals surface area contributed by atoms with E-state index in [1.54, 1.807) is 24.5 Å². The van der Waals surface area contributed by atoms with Crippen LogP contribution < -0.4 is 19.3 Å². The first kappa shape index (κ1) is 19.6. The first-order chi connectivity index (χ1) is 15.2. The number of ether oxygens (including phenoxy) is 3. The Kier molecular flexibility index (Phi) is 5.30. The normalized spacial score (nSPS) is 18.3. The quantitative estimate of drug-likeness (QED) is 0.626. The summed E-state index contributed by atoms with van der Waals surface area (Å²) in [6, 6.07) is 13.1. The summed E-state index contributed by atoms with van der Waals surface area (Å²) in [5.41, 5.74) is 1.71. The number of aromatic nitrogens is 2. The molecule has 2 aliphatic heterocycles. The average molecular weight is 422 g/mol. The van der Waals surface area contributed by atoms with Crippen LogP contribution in [-0.2, 0) is 4.74 Å². The molecule has 3 heterocycles. The zero-order chi connectivity index (χ0) is 21.2. The van der Waals surface area contributed by atoms with E-state index in [0.717, 1.165) is 25.4 Å². The number of rotatable bonds is 4. The Morgan fingerprint density at radius 1 is 1.03 bits per heavy atom. The van der Waals surface area contributed by atoms with Crippen molar-refractivity contribution >= 4 is 17.3 Å². The van der Waals surface area contributed by atoms with E-state index in [-0.39, 0.29) is 5.75 Å². The van der Waals surface area contributed by atoms with Gasteiger partial charge in [0.1, 0.15) is 12.4 Å². The Bertz CT molecular complexity index is 1060. The van der Waals surface area contributed by atoms with Gasteiger partial charge in [-0.3, -0.25) is 0 Å². The highest BCUT2D eigenvalue weighted by molar-refractivity contribution is 5.67. The minimum Gasteiger partial charge on any atom is -0.486 e. The van der Waals surface area contributed by atoms with Crippen LogP contribution in [0.3, 0.4) is 0 Å². The van der Waals surface area contributed by atoms with Crippen LogP contribution in [0.15, 0.2) is 54.9 Å². The van der Waals surface area contributed by atoms with E-state index >= 15 is 0 Å². The number of hydrogen-bond acceptors (Lipinski definition) is 7. The largest absolute Gasteiger partial charge is 0.486 e. The number of halogens is 1. The molecule has 0 saturated carbocycles. The first-order valence-electron chi connectivity index (χ1n) is 10.3. The molecule has 31 heavy (non-hydrogen) atoms. The Hall–Kier alpha value is -3.39. The Balaban J connectivity index is 1.33. The second-order valence-electron chi connectivity index (χ2n) is 7.52. The molecule has 0 aliphatic carbocycles. The molecule has 2 aliphatic rings. The predicted molar refractivity (Wildman–Crippen MR) is 115 cm³/mol. The summed E-state index contributed by atoms with van der Waals surface area (Å²) in [4.78, 5) is 13.0. The second kappa shape index (κ2) is 8.39. The number of fused-ring (bicyclic) bond motifs is 1. The van der Waals surface area contributed by atoms with Crippen molar-refractivity contribution in [3.8, 4) is 17.2 Å². The van der Waals surface area contributed by atoms with Crippen molar-refractivity contribution in [2.75, 3.05) is 42.7 Å². The molecule has 1 saturated heterocycles. The molecule has 0 radical (unpaired) electrons. The van der Waals surface area contributed by atoms with Gasteiger partial charge in [0.15, 0.2) is 17.3 Å². The van der Waals surface area contributed by atoms with Gasteiger partial charge in [0.2, 0.25) is 5.95 Å². The van der Waals surface area contributed by atoms with Gasteiger partial charge in [0.05, 0.1) is 37.8 Å². The summed E-state index contributed by atoms with van der Waals surface area (Å²) in [5, 5.41) is 0. The zero-order valence-corrected chi connectivity index (χ0v) is 17.2. The lowest BCUT2D eigenvalue weighted by Gasteiger charge is -2.35. The number of hydrogen-bond donors (Lipinski definition) is 0. The molecule has 0 spiro atoms. The highest BCUT2D eigenvalue weighted by Gasteiger charge is 2.24. The van der Waals surface area contributed by atoms with Crippen LogP contribution in [0.25, 0.3) is 0 Å². The van der Waals surface area contributed by atoms with Gasteiger partial charge in [0.25, 0.3) is 0 Å². The lowest BCUT2D eigenvalue weighted by Crippen LogP contribution is -2.43. The number of nitrogens with zero attached hydrogens (tertiary/aromatic N) is 4. The van der Waals surface area contributed by atoms with Crippen molar-refractivity contribution in [3.63, 3.8) is 0 Å². The van der Waals surface area contributed by atoms with Crippen LogP contribution in [0.2, 0.25) is 0 Å². The van der Waals surface area contributed by atoms with E-state index in [0.29, 0.717) is 42.3 Å². The van der Waals surface area contributed by atoms with Crippen LogP contribution in [-0.4, -0.2) is 48.9 Å². The van der Waals surface area contributed by atoms with Gasteiger partial charge in [-0.05, 0) is 31.2 Å². The zero-order valence-electron chi connectivity index (χ0n) is 17.2. The van der Waals surface area contributed by atoms with Gasteiger partial charge in [0, 0.05) is 24.3 Å². The Morgan fingerprint density at radius 2 is 1.87 bits per heavy atom. The van der Waals surface area contributed by atoms with Crippen molar-refractivity contribution in [3.05, 3.63) is 60.7 Å². The Morgan fingerprint density at radius 3 is 2.71 bits per heavy atom. The molecular weight excluding hydrogens is 399 g/mol. The summed E-state index contributed by atoms with van der Waals surface area (Å²) in [6.07, 6.45) is 3.25. The molecule has 8 heteroatoms. The van der Waals surface area contributed by atoms with Crippen LogP contribution in [0.5, 0.6) is 17.2 Å². The number of benzene rings is 2. The van der Waals surface area contributed by atoms with Crippen molar-refractivity contribution in [2.45, 2.75) is 13.0 Å². The highest BCUT2D eigenvalue weighted by Crippen LogP contribution is 2.37. The van der Waals surface area contributed by atoms with E-state index in [1.165, 1.54) is 6.07 Å². The van der Waals surface area contributed by atoms with Gasteiger partial charge >= 0.3 is 0 Å². The van der Waals surface area contributed by atoms with Gasteiger partial charge in [-0.15, -0.1) is 0 Å². The monoisotopic (exact) mass is 422 g/mol. The van der Waals surface area contributed by atoms with Crippen LogP contribution in [0.1, 0.15) is 6.92 Å². The fraction of sp³-hybridized carbons (Fsp3) is 0.304. The predicted octanol–water partition coefficient (Wildman–Crippen LogP) is 4.16. The molecule has 0 amide bonds. The first-order valence-corrected chi connectivity index (χ1v) is 10.3. The van der Waals surface area contributed by atoms with E-state index in [4.69, 9.17) is 14.2 Å². The highest BCUT2D eigenvalue weighted by atomic mass is 19.1. The smallest absolute Gasteiger partial charge is 0.230 e. The van der Waals surface area contributed by atoms with E-state index in [1.807, 2.05) is 23.1 Å². The van der Waals surface area contributed by atoms with E-state index < -0.39 is 5.82 Å². The second-order valence-corrected chi connectivity index (χ2v) is 7.52. The third-order valence-corrected chi connectivity index (χ3v) is 5.41. The van der Waals surface area contributed by atoms with Gasteiger partial charge in [-0.1, -0.05) is 12.1 Å². The molecule has 2 aromatic carbocycles. The van der Waals surface area contributed by atoms with Crippen LogP contribution >= 0.6 is 0 Å². The summed E-state index contributed by atoms with van der Waals surface area (Å²) < 4.78 is 31.0.